The maximum atomic E-state index is 12.0. The van der Waals surface area contributed by atoms with E-state index in [2.05, 4.69) is 25.2 Å². The van der Waals surface area contributed by atoms with Gasteiger partial charge < -0.3 is 10.1 Å². The molecule has 1 atom stereocenters. The minimum Gasteiger partial charge on any atom is -0.445 e. The predicted octanol–water partition coefficient (Wildman–Crippen LogP) is 4.76. The van der Waals surface area contributed by atoms with Gasteiger partial charge in [0.15, 0.2) is 0 Å². The first-order valence-electron chi connectivity index (χ1n) is 7.15. The summed E-state index contributed by atoms with van der Waals surface area (Å²) in [6, 6.07) is 13.8. The quantitative estimate of drug-likeness (QED) is 0.835. The number of hydrogen-bond donors (Lipinski definition) is 1. The Labute approximate surface area is 130 Å². The lowest BCUT2D eigenvalue weighted by molar-refractivity contribution is 0.134. The maximum absolute atomic E-state index is 12.0. The number of benzene rings is 1. The third-order valence-corrected chi connectivity index (χ3v) is 4.08. The summed E-state index contributed by atoms with van der Waals surface area (Å²) >= 11 is 1.66. The van der Waals surface area contributed by atoms with Gasteiger partial charge in [-0.1, -0.05) is 50.2 Å². The molecule has 2 rings (SSSR count). The average molecular weight is 303 g/mol. The molecule has 0 aliphatic heterocycles. The minimum atomic E-state index is -0.363. The number of carbonyl (C=O) groups excluding carboxylic acids is 1. The van der Waals surface area contributed by atoms with Crippen LogP contribution in [0, 0.1) is 5.92 Å². The zero-order chi connectivity index (χ0) is 15.1. The van der Waals surface area contributed by atoms with Crippen LogP contribution in [-0.4, -0.2) is 6.09 Å². The highest BCUT2D eigenvalue weighted by molar-refractivity contribution is 7.10. The zero-order valence-corrected chi connectivity index (χ0v) is 13.2. The van der Waals surface area contributed by atoms with Crippen molar-refractivity contribution >= 4 is 17.4 Å². The van der Waals surface area contributed by atoms with Crippen LogP contribution in [0.3, 0.4) is 0 Å². The molecule has 0 saturated carbocycles. The van der Waals surface area contributed by atoms with Crippen molar-refractivity contribution in [1.82, 2.24) is 5.32 Å². The van der Waals surface area contributed by atoms with E-state index in [1.807, 2.05) is 41.8 Å². The molecule has 0 fully saturated rings. The summed E-state index contributed by atoms with van der Waals surface area (Å²) in [7, 11) is 0. The van der Waals surface area contributed by atoms with Gasteiger partial charge in [0.25, 0.3) is 0 Å². The van der Waals surface area contributed by atoms with Crippen LogP contribution in [0.4, 0.5) is 4.79 Å². The first kappa shape index (κ1) is 15.6. The third-order valence-electron chi connectivity index (χ3n) is 3.10. The van der Waals surface area contributed by atoms with Crippen LogP contribution in [0.25, 0.3) is 0 Å². The van der Waals surface area contributed by atoms with Gasteiger partial charge in [-0.15, -0.1) is 11.3 Å². The second-order valence-corrected chi connectivity index (χ2v) is 6.38. The molecule has 1 unspecified atom stereocenters. The number of carbonyl (C=O) groups is 1. The summed E-state index contributed by atoms with van der Waals surface area (Å²) in [5, 5.41) is 5.00. The zero-order valence-electron chi connectivity index (χ0n) is 12.4. The van der Waals surface area contributed by atoms with E-state index < -0.39 is 0 Å². The molecule has 0 saturated heterocycles. The molecule has 0 aliphatic carbocycles. The minimum absolute atomic E-state index is 0.0215. The fourth-order valence-corrected chi connectivity index (χ4v) is 2.91. The lowest BCUT2D eigenvalue weighted by Crippen LogP contribution is -2.29. The third kappa shape index (κ3) is 5.23. The summed E-state index contributed by atoms with van der Waals surface area (Å²) in [6.45, 7) is 4.60. The molecular weight excluding hydrogens is 282 g/mol. The van der Waals surface area contributed by atoms with Crippen molar-refractivity contribution in [2.24, 2.45) is 5.92 Å². The molecule has 0 bridgehead atoms. The Morgan fingerprint density at radius 1 is 1.19 bits per heavy atom. The maximum Gasteiger partial charge on any atom is 0.407 e. The number of nitrogens with one attached hydrogen (secondary N) is 1. The number of amides is 1. The molecule has 21 heavy (non-hydrogen) atoms. The molecule has 1 aromatic heterocycles. The van der Waals surface area contributed by atoms with E-state index in [9.17, 15) is 4.79 Å². The van der Waals surface area contributed by atoms with E-state index in [-0.39, 0.29) is 12.1 Å². The van der Waals surface area contributed by atoms with Crippen LogP contribution in [-0.2, 0) is 11.3 Å². The Kier molecular flexibility index (Phi) is 5.81. The van der Waals surface area contributed by atoms with Gasteiger partial charge in [0.1, 0.15) is 6.61 Å². The molecular formula is C17H21NO2S. The van der Waals surface area contributed by atoms with Crippen LogP contribution < -0.4 is 5.32 Å². The molecule has 0 aliphatic rings. The Hall–Kier alpha value is -1.81. The molecule has 0 radical (unpaired) electrons. The molecule has 112 valence electrons. The van der Waals surface area contributed by atoms with E-state index in [0.29, 0.717) is 12.5 Å². The summed E-state index contributed by atoms with van der Waals surface area (Å²) in [5.74, 6) is 0.506. The molecule has 1 amide bonds. The molecule has 1 heterocycles. The van der Waals surface area contributed by atoms with Gasteiger partial charge in [0.2, 0.25) is 0 Å². The summed E-state index contributed by atoms with van der Waals surface area (Å²) < 4.78 is 5.29. The Bertz CT molecular complexity index is 537. The van der Waals surface area contributed by atoms with Gasteiger partial charge in [0, 0.05) is 4.88 Å². The van der Waals surface area contributed by atoms with Crippen LogP contribution in [0.5, 0.6) is 0 Å². The monoisotopic (exact) mass is 303 g/mol. The highest BCUT2D eigenvalue weighted by Gasteiger charge is 2.17. The summed E-state index contributed by atoms with van der Waals surface area (Å²) in [4.78, 5) is 13.1. The van der Waals surface area contributed by atoms with Crippen LogP contribution >= 0.6 is 11.3 Å². The van der Waals surface area contributed by atoms with Crippen LogP contribution in [0.1, 0.15) is 36.8 Å². The van der Waals surface area contributed by atoms with Crippen molar-refractivity contribution in [3.8, 4) is 0 Å². The SMILES string of the molecule is CC(C)CC(NC(=O)OCc1ccccc1)c1cccs1. The topological polar surface area (TPSA) is 38.3 Å². The van der Waals surface area contributed by atoms with E-state index in [1.165, 1.54) is 4.88 Å². The average Bonchev–Trinajstić information content (AvgIpc) is 2.99. The molecule has 0 spiro atoms. The summed E-state index contributed by atoms with van der Waals surface area (Å²) in [6.07, 6.45) is 0.541. The number of rotatable bonds is 6. The summed E-state index contributed by atoms with van der Waals surface area (Å²) in [5.41, 5.74) is 0.990. The van der Waals surface area contributed by atoms with E-state index in [4.69, 9.17) is 4.74 Å². The Morgan fingerprint density at radius 2 is 1.95 bits per heavy atom. The lowest BCUT2D eigenvalue weighted by Gasteiger charge is -2.19. The van der Waals surface area contributed by atoms with Crippen molar-refractivity contribution in [2.75, 3.05) is 0 Å². The van der Waals surface area contributed by atoms with Crippen molar-refractivity contribution in [1.29, 1.82) is 0 Å². The normalized spacial score (nSPS) is 12.1. The highest BCUT2D eigenvalue weighted by atomic mass is 32.1. The lowest BCUT2D eigenvalue weighted by atomic mass is 10.0. The number of alkyl carbamates (subject to hydrolysis) is 1. The standard InChI is InChI=1S/C17H21NO2S/c1-13(2)11-15(16-9-6-10-21-16)18-17(19)20-12-14-7-4-3-5-8-14/h3-10,13,15H,11-12H2,1-2H3,(H,18,19). The van der Waals surface area contributed by atoms with Gasteiger partial charge in [-0.3, -0.25) is 0 Å². The smallest absolute Gasteiger partial charge is 0.407 e. The van der Waals surface area contributed by atoms with Gasteiger partial charge in [-0.05, 0) is 29.3 Å². The molecule has 4 heteroatoms. The Balaban J connectivity index is 1.89. The van der Waals surface area contributed by atoms with Gasteiger partial charge >= 0.3 is 6.09 Å². The molecule has 1 aromatic carbocycles. The Morgan fingerprint density at radius 3 is 2.57 bits per heavy atom. The van der Waals surface area contributed by atoms with Gasteiger partial charge in [-0.2, -0.15) is 0 Å². The van der Waals surface area contributed by atoms with E-state index in [1.54, 1.807) is 11.3 Å². The number of ether oxygens (including phenoxy) is 1. The molecule has 2 aromatic rings. The van der Waals surface area contributed by atoms with Crippen molar-refractivity contribution in [2.45, 2.75) is 32.9 Å². The second-order valence-electron chi connectivity index (χ2n) is 5.40. The fourth-order valence-electron chi connectivity index (χ4n) is 2.11. The van der Waals surface area contributed by atoms with Gasteiger partial charge in [-0.25, -0.2) is 4.79 Å². The largest absolute Gasteiger partial charge is 0.445 e. The van der Waals surface area contributed by atoms with Crippen LogP contribution in [0.2, 0.25) is 0 Å². The second kappa shape index (κ2) is 7.84. The first-order chi connectivity index (χ1) is 10.1. The molecule has 1 N–H and O–H groups in total. The first-order valence-corrected chi connectivity index (χ1v) is 8.03. The fraction of sp³-hybridized carbons (Fsp3) is 0.353. The van der Waals surface area contributed by atoms with Crippen molar-refractivity contribution < 1.29 is 9.53 Å². The number of thiophene rings is 1. The highest BCUT2D eigenvalue weighted by Crippen LogP contribution is 2.25. The predicted molar refractivity (Wildman–Crippen MR) is 86.3 cm³/mol. The van der Waals surface area contributed by atoms with E-state index >= 15 is 0 Å². The molecule has 3 nitrogen and oxygen atoms in total. The van der Waals surface area contributed by atoms with Crippen molar-refractivity contribution in [3.63, 3.8) is 0 Å². The number of hydrogen-bond acceptors (Lipinski definition) is 3. The van der Waals surface area contributed by atoms with Crippen LogP contribution in [0.15, 0.2) is 47.8 Å². The van der Waals surface area contributed by atoms with Gasteiger partial charge in [0.05, 0.1) is 6.04 Å². The van der Waals surface area contributed by atoms with Crippen molar-refractivity contribution in [3.05, 3.63) is 58.3 Å². The van der Waals surface area contributed by atoms with E-state index in [0.717, 1.165) is 12.0 Å².